The van der Waals surface area contributed by atoms with E-state index in [0.717, 1.165) is 0 Å². The number of aliphatic imine (C=N–C) groups is 3. The molecule has 5 amide bonds. The second-order valence-corrected chi connectivity index (χ2v) is 18.3. The van der Waals surface area contributed by atoms with Crippen molar-refractivity contribution in [2.75, 3.05) is 94.7 Å². The number of anilines is 3. The van der Waals surface area contributed by atoms with E-state index in [0.29, 0.717) is 74.1 Å². The molecule has 83 heavy (non-hydrogen) atoms. The standard InChI is InChI=1S/2C16H20N6O5.C12H15N5O4.C4H7NO2.ClH/c2*23-12-5-19-16(20-6-12)22-10-1-9(3-17-4-10)15(26)18-7-13(24)21-11-2-14(25)27-8-11;18-9-4-15-12(16-5-9)17-8-1-7(2-13-3-8)11(21)14-6-10(19)20;5-3-1-4(6)7-2-3;/h2*1,3-4,11-12,23H,2,5-8H2,(H,18,26)(H,21,24)(H2,19,20,22);1-3,9,18H,4-6H2,(H,14,21)(H,19,20)(H2,15,16,17);3H,1-2,5H2;1H/t11-;;;3-;/m0..0./s1. The Labute approximate surface area is 477 Å². The highest BCUT2D eigenvalue weighted by molar-refractivity contribution is 6.01. The molecule has 35 heteroatoms. The van der Waals surface area contributed by atoms with Gasteiger partial charge < -0.3 is 98.9 Å². The number of carboxylic acid groups (broad SMARTS) is 1. The highest BCUT2D eigenvalue weighted by atomic mass is 35.5. The van der Waals surface area contributed by atoms with Gasteiger partial charge in [0.25, 0.3) is 17.7 Å². The molecule has 0 aliphatic carbocycles. The molecule has 3 aromatic rings. The molecular formula is C48H63ClN18O16. The highest BCUT2D eigenvalue weighted by Gasteiger charge is 2.27. The van der Waals surface area contributed by atoms with E-state index in [9.17, 15) is 58.5 Å². The lowest BCUT2D eigenvalue weighted by molar-refractivity contribution is -0.138. The number of carbonyl (C=O) groups is 9. The maximum atomic E-state index is 12.2. The van der Waals surface area contributed by atoms with Crippen molar-refractivity contribution in [3.63, 3.8) is 0 Å². The van der Waals surface area contributed by atoms with Gasteiger partial charge in [-0.25, -0.2) is 0 Å². The SMILES string of the molecule is Cl.N[C@@H]1COC(=O)C1.O=C(CNC(=O)c1cncc(NC2=NCC(O)CN2)c1)NC1COC(=O)C1.O=C(CNC(=O)c1cncc(NC2=NCC(O)CN2)c1)N[C@@H]1COC(=O)C1.O=C(O)CNC(=O)c1cncc(NC2=NCC(O)CN2)c1. The first-order valence-electron chi connectivity index (χ1n) is 25.2. The topological polar surface area (TPSA) is 496 Å². The van der Waals surface area contributed by atoms with Gasteiger partial charge in [-0.1, -0.05) is 0 Å². The van der Waals surface area contributed by atoms with Crippen LogP contribution in [0.4, 0.5) is 17.1 Å². The number of halogens is 1. The summed E-state index contributed by atoms with van der Waals surface area (Å²) in [5.74, 6) is -2.84. The number of guanidine groups is 3. The number of carbonyl (C=O) groups excluding carboxylic acids is 8. The summed E-state index contributed by atoms with van der Waals surface area (Å²) in [6.07, 6.45) is 7.73. The summed E-state index contributed by atoms with van der Waals surface area (Å²) < 4.78 is 14.0. The minimum atomic E-state index is -1.12. The normalized spacial score (nSPS) is 21.0. The van der Waals surface area contributed by atoms with Crippen molar-refractivity contribution in [3.05, 3.63) is 72.1 Å². The molecule has 34 nitrogen and oxygen atoms in total. The lowest BCUT2D eigenvalue weighted by atomic mass is 10.2. The zero-order valence-corrected chi connectivity index (χ0v) is 44.9. The van der Waals surface area contributed by atoms with Crippen LogP contribution in [-0.2, 0) is 43.0 Å². The van der Waals surface area contributed by atoms with Crippen molar-refractivity contribution >= 4 is 101 Å². The van der Waals surface area contributed by atoms with Crippen molar-refractivity contribution < 1.29 is 77.8 Å². The van der Waals surface area contributed by atoms with Gasteiger partial charge in [0.05, 0.1) is 135 Å². The van der Waals surface area contributed by atoms with Crippen LogP contribution in [0.15, 0.2) is 70.4 Å². The molecule has 6 aliphatic rings. The number of hydrogen-bond acceptors (Lipinski definition) is 28. The Balaban J connectivity index is 0.000000215. The predicted molar refractivity (Wildman–Crippen MR) is 293 cm³/mol. The average Bonchev–Trinajstić information content (AvgIpc) is 4.24. The first kappa shape index (κ1) is 64.4. The van der Waals surface area contributed by atoms with Crippen LogP contribution in [0.2, 0.25) is 0 Å². The number of aliphatic carboxylic acids is 1. The molecule has 3 fully saturated rings. The molecule has 0 bridgehead atoms. The minimum Gasteiger partial charge on any atom is -0.480 e. The van der Waals surface area contributed by atoms with Gasteiger partial charge in [0.1, 0.15) is 26.4 Å². The monoisotopic (exact) mass is 1180 g/mol. The van der Waals surface area contributed by atoms with Crippen LogP contribution in [0.1, 0.15) is 50.3 Å². The molecule has 0 aromatic carbocycles. The van der Waals surface area contributed by atoms with Gasteiger partial charge in [-0.2, -0.15) is 0 Å². The molecule has 4 unspecified atom stereocenters. The van der Waals surface area contributed by atoms with E-state index >= 15 is 0 Å². The third-order valence-corrected chi connectivity index (χ3v) is 11.2. The largest absolute Gasteiger partial charge is 0.480 e. The first-order valence-corrected chi connectivity index (χ1v) is 25.2. The number of esters is 3. The summed E-state index contributed by atoms with van der Waals surface area (Å²) in [5, 5.41) is 66.7. The van der Waals surface area contributed by atoms with Crippen molar-refractivity contribution in [3.8, 4) is 0 Å². The maximum Gasteiger partial charge on any atom is 0.322 e. The Morgan fingerprint density at radius 2 is 0.855 bits per heavy atom. The number of aromatic nitrogens is 3. The number of aliphatic hydroxyl groups is 3. The molecule has 17 N–H and O–H groups in total. The van der Waals surface area contributed by atoms with Crippen LogP contribution in [0.3, 0.4) is 0 Å². The van der Waals surface area contributed by atoms with Crippen LogP contribution >= 0.6 is 12.4 Å². The number of cyclic esters (lactones) is 3. The maximum absolute atomic E-state index is 12.2. The molecule has 448 valence electrons. The fraction of sp³-hybridized carbons (Fsp3) is 0.438. The molecule has 3 aromatic heterocycles. The summed E-state index contributed by atoms with van der Waals surface area (Å²) >= 11 is 0. The fourth-order valence-corrected chi connectivity index (χ4v) is 7.24. The third kappa shape index (κ3) is 23.3. The molecule has 0 spiro atoms. The quantitative estimate of drug-likeness (QED) is 0.0528. The van der Waals surface area contributed by atoms with E-state index in [1.807, 2.05) is 0 Å². The number of pyridine rings is 3. The summed E-state index contributed by atoms with van der Waals surface area (Å²) in [6.45, 7) is 1.79. The van der Waals surface area contributed by atoms with Gasteiger partial charge in [-0.3, -0.25) is 73.1 Å². The zero-order valence-electron chi connectivity index (χ0n) is 44.1. The number of β-amino-alcohol motifs (C(OH)–C–C–N with tert-alkyl or cyclic N) is 3. The summed E-state index contributed by atoms with van der Waals surface area (Å²) in [4.78, 5) is 127. The molecule has 3 saturated heterocycles. The van der Waals surface area contributed by atoms with E-state index < -0.39 is 60.4 Å². The molecule has 0 saturated carbocycles. The Morgan fingerprint density at radius 3 is 1.12 bits per heavy atom. The van der Waals surface area contributed by atoms with E-state index in [1.165, 1.54) is 43.2 Å². The van der Waals surface area contributed by atoms with Crippen LogP contribution in [0.5, 0.6) is 0 Å². The number of rotatable bonds is 14. The number of aliphatic hydroxyl groups excluding tert-OH is 3. The smallest absolute Gasteiger partial charge is 0.322 e. The lowest BCUT2D eigenvalue weighted by Crippen LogP contribution is -2.42. The number of nitrogens with one attached hydrogen (secondary N) is 11. The number of hydrogen-bond donors (Lipinski definition) is 16. The van der Waals surface area contributed by atoms with E-state index in [2.05, 4.69) is 93.2 Å². The number of ether oxygens (including phenoxy) is 3. The van der Waals surface area contributed by atoms with Crippen LogP contribution in [-0.4, -0.2) is 222 Å². The zero-order chi connectivity index (χ0) is 59.0. The molecule has 6 atom stereocenters. The van der Waals surface area contributed by atoms with Crippen molar-refractivity contribution in [1.29, 1.82) is 0 Å². The number of carboxylic acids is 1. The average molecular weight is 1180 g/mol. The van der Waals surface area contributed by atoms with Gasteiger partial charge in [0.15, 0.2) is 17.9 Å². The first-order chi connectivity index (χ1) is 39.3. The van der Waals surface area contributed by atoms with Crippen molar-refractivity contribution in [2.24, 2.45) is 20.7 Å². The molecule has 9 heterocycles. The summed E-state index contributed by atoms with van der Waals surface area (Å²) in [6, 6.07) is 3.89. The van der Waals surface area contributed by atoms with Crippen molar-refractivity contribution in [1.82, 2.24) is 57.5 Å². The number of nitrogens with zero attached hydrogens (tertiary/aromatic N) is 6. The molecular weight excluding hydrogens is 1120 g/mol. The van der Waals surface area contributed by atoms with Gasteiger partial charge in [0.2, 0.25) is 11.8 Å². The highest BCUT2D eigenvalue weighted by Crippen LogP contribution is 2.13. The summed E-state index contributed by atoms with van der Waals surface area (Å²) in [7, 11) is 0. The Bertz CT molecular complexity index is 2770. The molecule has 6 aliphatic heterocycles. The Hall–Kier alpha value is -9.38. The number of amides is 5. The Kier molecular flexibility index (Phi) is 25.4. The molecule has 0 radical (unpaired) electrons. The van der Waals surface area contributed by atoms with E-state index in [1.54, 1.807) is 12.1 Å². The summed E-state index contributed by atoms with van der Waals surface area (Å²) in [5.41, 5.74) is 7.65. The molecule has 9 rings (SSSR count). The fourth-order valence-electron chi connectivity index (χ4n) is 7.24. The van der Waals surface area contributed by atoms with E-state index in [-0.39, 0.29) is 117 Å². The minimum absolute atomic E-state index is 0. The second-order valence-electron chi connectivity index (χ2n) is 18.3. The van der Waals surface area contributed by atoms with Crippen LogP contribution < -0.4 is 64.2 Å². The lowest BCUT2D eigenvalue weighted by Gasteiger charge is -2.19. The van der Waals surface area contributed by atoms with Gasteiger partial charge in [0, 0.05) is 44.3 Å². The van der Waals surface area contributed by atoms with Crippen LogP contribution in [0, 0.1) is 0 Å². The van der Waals surface area contributed by atoms with Gasteiger partial charge >= 0.3 is 23.9 Å². The van der Waals surface area contributed by atoms with Crippen molar-refractivity contribution in [2.45, 2.75) is 55.7 Å². The second kappa shape index (κ2) is 32.8. The van der Waals surface area contributed by atoms with E-state index in [4.69, 9.17) is 20.3 Å². The van der Waals surface area contributed by atoms with Gasteiger partial charge in [-0.15, -0.1) is 12.4 Å². The van der Waals surface area contributed by atoms with Crippen LogP contribution in [0.25, 0.3) is 0 Å². The predicted octanol–water partition coefficient (Wildman–Crippen LogP) is -5.74. The number of nitrogens with two attached hydrogens (primary N) is 1. The van der Waals surface area contributed by atoms with Gasteiger partial charge in [-0.05, 0) is 18.2 Å². The third-order valence-electron chi connectivity index (χ3n) is 11.2. The Morgan fingerprint density at radius 1 is 0.518 bits per heavy atom.